The topological polar surface area (TPSA) is 102 Å². The molecule has 4 N–H and O–H groups in total. The van der Waals surface area contributed by atoms with E-state index in [1.54, 1.807) is 0 Å². The molecule has 1 aliphatic rings. The number of halogens is 2. The Bertz CT molecular complexity index is 489. The quantitative estimate of drug-likeness (QED) is 0.642. The SMILES string of the molecule is Cl.NCC1OB(O)c2c1ccc(OCC(=O)O)c2F. The normalized spacial score (nSPS) is 16.8. The third-order valence-electron chi connectivity index (χ3n) is 2.63. The van der Waals surface area contributed by atoms with E-state index >= 15 is 0 Å². The second kappa shape index (κ2) is 6.20. The van der Waals surface area contributed by atoms with E-state index in [4.69, 9.17) is 20.2 Å². The van der Waals surface area contributed by atoms with Gasteiger partial charge in [-0.05, 0) is 11.6 Å². The highest BCUT2D eigenvalue weighted by Gasteiger charge is 2.38. The molecule has 104 valence electrons. The van der Waals surface area contributed by atoms with Crippen molar-refractivity contribution in [3.63, 3.8) is 0 Å². The van der Waals surface area contributed by atoms with E-state index in [0.29, 0.717) is 5.56 Å². The van der Waals surface area contributed by atoms with Crippen molar-refractivity contribution in [1.82, 2.24) is 0 Å². The van der Waals surface area contributed by atoms with Crippen molar-refractivity contribution in [1.29, 1.82) is 0 Å². The van der Waals surface area contributed by atoms with Crippen LogP contribution in [-0.4, -0.2) is 36.4 Å². The van der Waals surface area contributed by atoms with Crippen LogP contribution in [0.3, 0.4) is 0 Å². The molecule has 0 amide bonds. The van der Waals surface area contributed by atoms with Gasteiger partial charge in [0, 0.05) is 12.0 Å². The second-order valence-electron chi connectivity index (χ2n) is 3.78. The number of carboxylic acid groups (broad SMARTS) is 1. The van der Waals surface area contributed by atoms with E-state index in [9.17, 15) is 14.2 Å². The first-order chi connectivity index (χ1) is 8.54. The molecule has 0 aliphatic carbocycles. The van der Waals surface area contributed by atoms with Gasteiger partial charge >= 0.3 is 13.1 Å². The predicted octanol–water partition coefficient (Wildman–Crippen LogP) is -0.572. The Labute approximate surface area is 114 Å². The van der Waals surface area contributed by atoms with Gasteiger partial charge in [0.25, 0.3) is 0 Å². The van der Waals surface area contributed by atoms with Crippen molar-refractivity contribution in [2.45, 2.75) is 6.10 Å². The van der Waals surface area contributed by atoms with Crippen LogP contribution in [0.15, 0.2) is 12.1 Å². The number of fused-ring (bicyclic) bond motifs is 1. The van der Waals surface area contributed by atoms with E-state index in [1.807, 2.05) is 0 Å². The molecule has 1 aromatic rings. The number of carboxylic acids is 1. The summed E-state index contributed by atoms with van der Waals surface area (Å²) in [5, 5.41) is 18.0. The Balaban J connectivity index is 0.00000180. The molecular weight excluding hydrogens is 279 g/mol. The molecule has 1 aromatic carbocycles. The lowest BCUT2D eigenvalue weighted by Crippen LogP contribution is -2.31. The van der Waals surface area contributed by atoms with Gasteiger partial charge < -0.3 is 25.3 Å². The molecule has 0 bridgehead atoms. The molecule has 0 radical (unpaired) electrons. The van der Waals surface area contributed by atoms with Gasteiger partial charge in [-0.3, -0.25) is 0 Å². The fourth-order valence-corrected chi connectivity index (χ4v) is 1.85. The molecule has 1 atom stereocenters. The Morgan fingerprint density at radius 2 is 2.26 bits per heavy atom. The van der Waals surface area contributed by atoms with Crippen LogP contribution in [0.1, 0.15) is 11.7 Å². The Morgan fingerprint density at radius 3 is 2.84 bits per heavy atom. The fraction of sp³-hybridized carbons (Fsp3) is 0.300. The molecular formula is C10H12BClFNO5. The number of hydrogen-bond acceptors (Lipinski definition) is 5. The van der Waals surface area contributed by atoms with Crippen molar-refractivity contribution in [2.24, 2.45) is 5.73 Å². The standard InChI is InChI=1S/C10H11BFNO5.ClH/c12-10-6(17-4-8(14)15)2-1-5-7(3-13)18-11(16)9(5)10;/h1-2,7,16H,3-4,13H2,(H,14,15);1H. The number of benzene rings is 1. The minimum Gasteiger partial charge on any atom is -0.479 e. The minimum atomic E-state index is -1.41. The molecule has 1 unspecified atom stereocenters. The number of hydrogen-bond donors (Lipinski definition) is 3. The summed E-state index contributed by atoms with van der Waals surface area (Å²) in [6, 6.07) is 2.80. The van der Waals surface area contributed by atoms with Gasteiger partial charge in [-0.25, -0.2) is 9.18 Å². The number of rotatable bonds is 4. The van der Waals surface area contributed by atoms with Crippen LogP contribution >= 0.6 is 12.4 Å². The second-order valence-corrected chi connectivity index (χ2v) is 3.78. The molecule has 0 aromatic heterocycles. The van der Waals surface area contributed by atoms with Crippen molar-refractivity contribution in [3.8, 4) is 5.75 Å². The molecule has 9 heteroatoms. The maximum atomic E-state index is 14.0. The Kier molecular flexibility index (Phi) is 5.13. The van der Waals surface area contributed by atoms with Crippen LogP contribution in [0.4, 0.5) is 4.39 Å². The molecule has 0 fully saturated rings. The molecule has 19 heavy (non-hydrogen) atoms. The highest BCUT2D eigenvalue weighted by atomic mass is 35.5. The van der Waals surface area contributed by atoms with Crippen LogP contribution in [0.5, 0.6) is 5.75 Å². The van der Waals surface area contributed by atoms with Crippen LogP contribution < -0.4 is 15.9 Å². The lowest BCUT2D eigenvalue weighted by atomic mass is 9.78. The van der Waals surface area contributed by atoms with Crippen molar-refractivity contribution < 1.29 is 28.7 Å². The molecule has 1 heterocycles. The largest absolute Gasteiger partial charge is 0.495 e. The van der Waals surface area contributed by atoms with Gasteiger partial charge in [-0.15, -0.1) is 12.4 Å². The first-order valence-electron chi connectivity index (χ1n) is 5.25. The van der Waals surface area contributed by atoms with Crippen LogP contribution in [0.25, 0.3) is 0 Å². The predicted molar refractivity (Wildman–Crippen MR) is 67.3 cm³/mol. The molecule has 0 saturated carbocycles. The smallest absolute Gasteiger partial charge is 0.479 e. The number of nitrogens with two attached hydrogens (primary N) is 1. The zero-order chi connectivity index (χ0) is 13.3. The fourth-order valence-electron chi connectivity index (χ4n) is 1.85. The first-order valence-corrected chi connectivity index (χ1v) is 5.25. The number of aliphatic carboxylic acids is 1. The van der Waals surface area contributed by atoms with E-state index in [2.05, 4.69) is 0 Å². The third-order valence-corrected chi connectivity index (χ3v) is 2.63. The lowest BCUT2D eigenvalue weighted by molar-refractivity contribution is -0.139. The number of carbonyl (C=O) groups is 1. The summed E-state index contributed by atoms with van der Waals surface area (Å²) in [6.45, 7) is -0.550. The average molecular weight is 291 g/mol. The van der Waals surface area contributed by atoms with E-state index in [1.165, 1.54) is 12.1 Å². The van der Waals surface area contributed by atoms with Crippen molar-refractivity contribution in [3.05, 3.63) is 23.5 Å². The maximum absolute atomic E-state index is 14.0. The van der Waals surface area contributed by atoms with Gasteiger partial charge in [0.15, 0.2) is 18.2 Å². The van der Waals surface area contributed by atoms with Crippen molar-refractivity contribution in [2.75, 3.05) is 13.2 Å². The van der Waals surface area contributed by atoms with Gasteiger partial charge in [-0.2, -0.15) is 0 Å². The monoisotopic (exact) mass is 291 g/mol. The van der Waals surface area contributed by atoms with Gasteiger partial charge in [-0.1, -0.05) is 6.07 Å². The van der Waals surface area contributed by atoms with Crippen LogP contribution in [-0.2, 0) is 9.45 Å². The van der Waals surface area contributed by atoms with Crippen LogP contribution in [0.2, 0.25) is 0 Å². The molecule has 0 saturated heterocycles. The molecule has 6 nitrogen and oxygen atoms in total. The van der Waals surface area contributed by atoms with Gasteiger partial charge in [0.2, 0.25) is 0 Å². The first kappa shape index (κ1) is 15.7. The van der Waals surface area contributed by atoms with E-state index < -0.39 is 31.6 Å². The van der Waals surface area contributed by atoms with Gasteiger partial charge in [0.1, 0.15) is 0 Å². The lowest BCUT2D eigenvalue weighted by Gasteiger charge is -2.10. The Hall–Kier alpha value is -1.35. The third kappa shape index (κ3) is 2.98. The van der Waals surface area contributed by atoms with Gasteiger partial charge in [0.05, 0.1) is 6.10 Å². The summed E-state index contributed by atoms with van der Waals surface area (Å²) in [4.78, 5) is 10.3. The molecule has 0 spiro atoms. The van der Waals surface area contributed by atoms with E-state index in [0.717, 1.165) is 0 Å². The average Bonchev–Trinajstić information content (AvgIpc) is 2.65. The Morgan fingerprint density at radius 1 is 1.58 bits per heavy atom. The summed E-state index contributed by atoms with van der Waals surface area (Å²) in [5.74, 6) is -2.28. The maximum Gasteiger partial charge on any atom is 0.495 e. The zero-order valence-corrected chi connectivity index (χ0v) is 10.5. The zero-order valence-electron chi connectivity index (χ0n) is 9.71. The minimum absolute atomic E-state index is 0. The molecule has 1 aliphatic heterocycles. The number of ether oxygens (including phenoxy) is 1. The summed E-state index contributed by atoms with van der Waals surface area (Å²) in [6.07, 6.45) is -0.571. The van der Waals surface area contributed by atoms with E-state index in [-0.39, 0.29) is 30.2 Å². The van der Waals surface area contributed by atoms with Crippen LogP contribution in [0, 0.1) is 5.82 Å². The summed E-state index contributed by atoms with van der Waals surface area (Å²) in [7, 11) is -1.41. The molecule has 2 rings (SSSR count). The highest BCUT2D eigenvalue weighted by Crippen LogP contribution is 2.27. The summed E-state index contributed by atoms with van der Waals surface area (Å²) in [5.41, 5.74) is 5.83. The highest BCUT2D eigenvalue weighted by molar-refractivity contribution is 6.62. The summed E-state index contributed by atoms with van der Waals surface area (Å²) < 4.78 is 23.8. The van der Waals surface area contributed by atoms with Crippen molar-refractivity contribution >= 4 is 31.0 Å². The summed E-state index contributed by atoms with van der Waals surface area (Å²) >= 11 is 0.